The van der Waals surface area contributed by atoms with Crippen molar-refractivity contribution in [1.82, 2.24) is 5.32 Å². The highest BCUT2D eigenvalue weighted by Gasteiger charge is 2.06. The first kappa shape index (κ1) is 23.1. The molecule has 2 rings (SSSR count). The summed E-state index contributed by atoms with van der Waals surface area (Å²) >= 11 is 5.18. The summed E-state index contributed by atoms with van der Waals surface area (Å²) in [5.41, 5.74) is 2.29. The largest absolute Gasteiger partial charge is 0.494 e. The smallest absolute Gasteiger partial charge is 0.250 e. The van der Waals surface area contributed by atoms with Gasteiger partial charge in [-0.05, 0) is 73.1 Å². The molecule has 0 aliphatic heterocycles. The number of hydrogen-bond donors (Lipinski definition) is 3. The molecule has 0 aliphatic rings. The van der Waals surface area contributed by atoms with Gasteiger partial charge in [0.15, 0.2) is 5.11 Å². The number of anilines is 2. The molecule has 0 radical (unpaired) electrons. The summed E-state index contributed by atoms with van der Waals surface area (Å²) in [5.74, 6) is 0.733. The second-order valence-corrected chi connectivity index (χ2v) is 7.41. The van der Waals surface area contributed by atoms with Gasteiger partial charge < -0.3 is 15.4 Å². The minimum atomic E-state index is -0.334. The lowest BCUT2D eigenvalue weighted by molar-refractivity contribution is -0.117. The van der Waals surface area contributed by atoms with E-state index in [4.69, 9.17) is 17.0 Å². The molecule has 158 valence electrons. The Balaban J connectivity index is 1.81. The van der Waals surface area contributed by atoms with Crippen LogP contribution in [0.15, 0.2) is 54.6 Å². The predicted molar refractivity (Wildman–Crippen MR) is 126 cm³/mol. The van der Waals surface area contributed by atoms with Gasteiger partial charge in [-0.15, -0.1) is 0 Å². The third kappa shape index (κ3) is 8.45. The number of amides is 2. The fourth-order valence-corrected chi connectivity index (χ4v) is 2.77. The maximum atomic E-state index is 12.1. The Morgan fingerprint density at radius 2 is 1.60 bits per heavy atom. The summed E-state index contributed by atoms with van der Waals surface area (Å²) in [6.45, 7) is 6.52. The molecule has 3 N–H and O–H groups in total. The van der Waals surface area contributed by atoms with E-state index in [9.17, 15) is 9.59 Å². The number of thiocarbonyl (C=S) groups is 1. The summed E-state index contributed by atoms with van der Waals surface area (Å²) in [6.07, 6.45) is 3.58. The van der Waals surface area contributed by atoms with Crippen LogP contribution in [0.1, 0.15) is 32.8 Å². The van der Waals surface area contributed by atoms with Crippen LogP contribution < -0.4 is 20.7 Å². The van der Waals surface area contributed by atoms with E-state index < -0.39 is 0 Å². The Bertz CT molecular complexity index is 891. The molecule has 0 aromatic heterocycles. The highest BCUT2D eigenvalue weighted by molar-refractivity contribution is 7.80. The maximum Gasteiger partial charge on any atom is 0.250 e. The summed E-state index contributed by atoms with van der Waals surface area (Å²) in [5, 5.41) is 8.57. The van der Waals surface area contributed by atoms with Gasteiger partial charge in [0.2, 0.25) is 11.8 Å². The van der Waals surface area contributed by atoms with Gasteiger partial charge in [0.1, 0.15) is 5.75 Å². The zero-order valence-electron chi connectivity index (χ0n) is 17.4. The lowest BCUT2D eigenvalue weighted by Gasteiger charge is -2.10. The molecule has 0 unspecified atom stereocenters. The third-order valence-corrected chi connectivity index (χ3v) is 4.08. The van der Waals surface area contributed by atoms with Crippen LogP contribution in [0, 0.1) is 5.92 Å². The Hall–Kier alpha value is -3.19. The third-order valence-electron chi connectivity index (χ3n) is 3.88. The van der Waals surface area contributed by atoms with Gasteiger partial charge in [-0.1, -0.05) is 26.0 Å². The predicted octanol–water partition coefficient (Wildman–Crippen LogP) is 4.60. The summed E-state index contributed by atoms with van der Waals surface area (Å²) in [6, 6.07) is 14.5. The standard InChI is InChI=1S/C23H27N3O3S/c1-4-29-20-12-5-17(6-13-20)7-14-21(27)26-23(30)25-19-10-8-18(9-11-19)24-22(28)15-16(2)3/h5-14,16H,4,15H2,1-3H3,(H,24,28)(H2,25,26,27,30)/b14-7+. The lowest BCUT2D eigenvalue weighted by atomic mass is 10.1. The molecule has 0 bridgehead atoms. The molecule has 7 heteroatoms. The van der Waals surface area contributed by atoms with E-state index >= 15 is 0 Å². The van der Waals surface area contributed by atoms with Crippen molar-refractivity contribution in [3.63, 3.8) is 0 Å². The fraction of sp³-hybridized carbons (Fsp3) is 0.261. The SMILES string of the molecule is CCOc1ccc(/C=C/C(=O)NC(=S)Nc2ccc(NC(=O)CC(C)C)cc2)cc1. The fourth-order valence-electron chi connectivity index (χ4n) is 2.55. The van der Waals surface area contributed by atoms with Crippen LogP contribution in [-0.2, 0) is 9.59 Å². The number of carbonyl (C=O) groups is 2. The van der Waals surface area contributed by atoms with E-state index in [1.54, 1.807) is 30.3 Å². The number of rotatable bonds is 8. The van der Waals surface area contributed by atoms with Crippen LogP contribution in [0.4, 0.5) is 11.4 Å². The zero-order chi connectivity index (χ0) is 21.9. The first-order valence-corrected chi connectivity index (χ1v) is 10.2. The second kappa shape index (κ2) is 11.7. The van der Waals surface area contributed by atoms with Crippen LogP contribution in [-0.4, -0.2) is 23.5 Å². The number of nitrogens with one attached hydrogen (secondary N) is 3. The Morgan fingerprint density at radius 3 is 2.17 bits per heavy atom. The lowest BCUT2D eigenvalue weighted by Crippen LogP contribution is -2.32. The monoisotopic (exact) mass is 425 g/mol. The van der Waals surface area contributed by atoms with Gasteiger partial charge >= 0.3 is 0 Å². The van der Waals surface area contributed by atoms with Gasteiger partial charge in [-0.25, -0.2) is 0 Å². The molecular formula is C23H27N3O3S. The van der Waals surface area contributed by atoms with E-state index in [0.29, 0.717) is 30.3 Å². The van der Waals surface area contributed by atoms with E-state index in [2.05, 4.69) is 16.0 Å². The number of hydrogen-bond acceptors (Lipinski definition) is 4. The number of carbonyl (C=O) groups excluding carboxylic acids is 2. The molecule has 6 nitrogen and oxygen atoms in total. The normalized spacial score (nSPS) is 10.7. The maximum absolute atomic E-state index is 12.1. The van der Waals surface area contributed by atoms with Crippen LogP contribution >= 0.6 is 12.2 Å². The minimum absolute atomic E-state index is 0.0205. The number of ether oxygens (including phenoxy) is 1. The van der Waals surface area contributed by atoms with Gasteiger partial charge in [-0.3, -0.25) is 14.9 Å². The van der Waals surface area contributed by atoms with Crippen molar-refractivity contribution in [2.75, 3.05) is 17.2 Å². The molecule has 30 heavy (non-hydrogen) atoms. The van der Waals surface area contributed by atoms with Crippen molar-refractivity contribution < 1.29 is 14.3 Å². The highest BCUT2D eigenvalue weighted by atomic mass is 32.1. The Labute approximate surface area is 182 Å². The molecule has 0 fully saturated rings. The van der Waals surface area contributed by atoms with Crippen LogP contribution in [0.25, 0.3) is 6.08 Å². The summed E-state index contributed by atoms with van der Waals surface area (Å²) in [7, 11) is 0. The van der Waals surface area contributed by atoms with Crippen LogP contribution in [0.2, 0.25) is 0 Å². The van der Waals surface area contributed by atoms with Gasteiger partial charge in [0.25, 0.3) is 0 Å². The average Bonchev–Trinajstić information content (AvgIpc) is 2.68. The van der Waals surface area contributed by atoms with Crippen molar-refractivity contribution in [2.45, 2.75) is 27.2 Å². The molecule has 0 heterocycles. The van der Waals surface area contributed by atoms with E-state index in [1.165, 1.54) is 6.08 Å². The van der Waals surface area contributed by atoms with Crippen molar-refractivity contribution in [2.24, 2.45) is 5.92 Å². The summed E-state index contributed by atoms with van der Waals surface area (Å²) < 4.78 is 5.39. The van der Waals surface area contributed by atoms with Crippen LogP contribution in [0.3, 0.4) is 0 Å². The van der Waals surface area contributed by atoms with Crippen molar-refractivity contribution in [1.29, 1.82) is 0 Å². The van der Waals surface area contributed by atoms with Crippen LogP contribution in [0.5, 0.6) is 5.75 Å². The summed E-state index contributed by atoms with van der Waals surface area (Å²) in [4.78, 5) is 23.9. The van der Waals surface area contributed by atoms with E-state index in [-0.39, 0.29) is 16.9 Å². The van der Waals surface area contributed by atoms with Crippen molar-refractivity contribution in [3.05, 3.63) is 60.2 Å². The van der Waals surface area contributed by atoms with E-state index in [0.717, 1.165) is 11.3 Å². The number of benzene rings is 2. The quantitative estimate of drug-likeness (QED) is 0.426. The average molecular weight is 426 g/mol. The molecule has 0 saturated heterocycles. The molecule has 2 aromatic carbocycles. The van der Waals surface area contributed by atoms with Crippen molar-refractivity contribution >= 4 is 46.6 Å². The molecule has 0 spiro atoms. The molecule has 0 aliphatic carbocycles. The van der Waals surface area contributed by atoms with Crippen molar-refractivity contribution in [3.8, 4) is 5.75 Å². The zero-order valence-corrected chi connectivity index (χ0v) is 18.2. The van der Waals surface area contributed by atoms with Gasteiger partial charge in [-0.2, -0.15) is 0 Å². The Morgan fingerprint density at radius 1 is 1.00 bits per heavy atom. The van der Waals surface area contributed by atoms with E-state index in [1.807, 2.05) is 45.0 Å². The second-order valence-electron chi connectivity index (χ2n) is 7.00. The van der Waals surface area contributed by atoms with Gasteiger partial charge in [0.05, 0.1) is 6.61 Å². The first-order valence-electron chi connectivity index (χ1n) is 9.78. The topological polar surface area (TPSA) is 79.5 Å². The molecular weight excluding hydrogens is 398 g/mol. The molecule has 2 aromatic rings. The Kier molecular flexibility index (Phi) is 9.03. The molecule has 0 atom stereocenters. The highest BCUT2D eigenvalue weighted by Crippen LogP contribution is 2.15. The first-order chi connectivity index (χ1) is 14.4. The molecule has 0 saturated carbocycles. The molecule has 2 amide bonds. The minimum Gasteiger partial charge on any atom is -0.494 e. The van der Waals surface area contributed by atoms with Gasteiger partial charge in [0, 0.05) is 23.9 Å².